The van der Waals surface area contributed by atoms with Gasteiger partial charge < -0.3 is 10.1 Å². The van der Waals surface area contributed by atoms with Crippen molar-refractivity contribution < 1.29 is 18.5 Å². The zero-order valence-corrected chi connectivity index (χ0v) is 11.1. The second-order valence-electron chi connectivity index (χ2n) is 3.47. The van der Waals surface area contributed by atoms with Crippen molar-refractivity contribution in [2.45, 2.75) is 11.8 Å². The van der Waals surface area contributed by atoms with Gasteiger partial charge in [0.25, 0.3) is 5.91 Å². The number of carbonyl (C=O) groups is 2. The third-order valence-electron chi connectivity index (χ3n) is 2.15. The highest BCUT2D eigenvalue weighted by Crippen LogP contribution is 2.07. The van der Waals surface area contributed by atoms with E-state index in [9.17, 15) is 13.8 Å². The van der Waals surface area contributed by atoms with Gasteiger partial charge in [-0.2, -0.15) is 0 Å². The SMILES string of the molecule is CCOC(=O)CNC(=O)c1ccc(S(C)=O)cc1. The van der Waals surface area contributed by atoms with Crippen LogP contribution in [0.1, 0.15) is 17.3 Å². The Hall–Kier alpha value is -1.69. The number of rotatable bonds is 5. The van der Waals surface area contributed by atoms with Crippen LogP contribution in [0.25, 0.3) is 0 Å². The van der Waals surface area contributed by atoms with Crippen molar-refractivity contribution in [1.82, 2.24) is 5.32 Å². The number of benzene rings is 1. The average Bonchev–Trinajstić information content (AvgIpc) is 2.36. The van der Waals surface area contributed by atoms with E-state index in [1.54, 1.807) is 37.4 Å². The fraction of sp³-hybridized carbons (Fsp3) is 0.333. The summed E-state index contributed by atoms with van der Waals surface area (Å²) in [5.74, 6) is -0.839. The summed E-state index contributed by atoms with van der Waals surface area (Å²) in [5, 5.41) is 2.44. The van der Waals surface area contributed by atoms with Crippen LogP contribution in [-0.4, -0.2) is 35.5 Å². The predicted octanol–water partition coefficient (Wildman–Crippen LogP) is 0.717. The van der Waals surface area contributed by atoms with E-state index in [-0.39, 0.29) is 19.1 Å². The van der Waals surface area contributed by atoms with Crippen molar-refractivity contribution >= 4 is 22.7 Å². The maximum Gasteiger partial charge on any atom is 0.325 e. The molecule has 1 atom stereocenters. The van der Waals surface area contributed by atoms with Gasteiger partial charge in [-0.3, -0.25) is 13.8 Å². The molecule has 0 saturated carbocycles. The summed E-state index contributed by atoms with van der Waals surface area (Å²) < 4.78 is 15.8. The first-order chi connectivity index (χ1) is 8.54. The maximum absolute atomic E-state index is 11.6. The van der Waals surface area contributed by atoms with Crippen LogP contribution in [0.5, 0.6) is 0 Å². The Kier molecular flexibility index (Phi) is 5.51. The highest BCUT2D eigenvalue weighted by molar-refractivity contribution is 7.84. The van der Waals surface area contributed by atoms with Gasteiger partial charge in [0.2, 0.25) is 0 Å². The maximum atomic E-state index is 11.6. The largest absolute Gasteiger partial charge is 0.465 e. The van der Waals surface area contributed by atoms with E-state index in [4.69, 9.17) is 0 Å². The normalized spacial score (nSPS) is 11.7. The molecule has 0 aliphatic heterocycles. The van der Waals surface area contributed by atoms with Crippen molar-refractivity contribution in [1.29, 1.82) is 0 Å². The molecule has 0 fully saturated rings. The first-order valence-corrected chi connectivity index (χ1v) is 6.97. The first-order valence-electron chi connectivity index (χ1n) is 5.42. The number of carbonyl (C=O) groups excluding carboxylic acids is 2. The lowest BCUT2D eigenvalue weighted by Gasteiger charge is -2.05. The molecule has 6 heteroatoms. The van der Waals surface area contributed by atoms with Crippen LogP contribution in [0.2, 0.25) is 0 Å². The zero-order valence-electron chi connectivity index (χ0n) is 10.3. The van der Waals surface area contributed by atoms with E-state index < -0.39 is 16.8 Å². The third-order valence-corrected chi connectivity index (χ3v) is 3.08. The van der Waals surface area contributed by atoms with Gasteiger partial charge in [0, 0.05) is 27.5 Å². The number of nitrogens with one attached hydrogen (secondary N) is 1. The molecule has 1 unspecified atom stereocenters. The number of ether oxygens (including phenoxy) is 1. The van der Waals surface area contributed by atoms with Gasteiger partial charge >= 0.3 is 5.97 Å². The first kappa shape index (κ1) is 14.4. The minimum atomic E-state index is -1.07. The second-order valence-corrected chi connectivity index (χ2v) is 4.85. The van der Waals surface area contributed by atoms with Gasteiger partial charge in [0.15, 0.2) is 0 Å². The van der Waals surface area contributed by atoms with Crippen LogP contribution >= 0.6 is 0 Å². The summed E-state index contributed by atoms with van der Waals surface area (Å²) in [4.78, 5) is 23.3. The summed E-state index contributed by atoms with van der Waals surface area (Å²) in [6.45, 7) is 1.82. The average molecular weight is 269 g/mol. The van der Waals surface area contributed by atoms with Crippen LogP contribution < -0.4 is 5.32 Å². The Morgan fingerprint density at radius 3 is 2.39 bits per heavy atom. The fourth-order valence-corrected chi connectivity index (χ4v) is 1.78. The monoisotopic (exact) mass is 269 g/mol. The molecule has 1 aromatic carbocycles. The van der Waals surface area contributed by atoms with E-state index >= 15 is 0 Å². The molecule has 5 nitrogen and oxygen atoms in total. The van der Waals surface area contributed by atoms with Crippen LogP contribution in [0.4, 0.5) is 0 Å². The van der Waals surface area contributed by atoms with Crippen molar-refractivity contribution in [3.63, 3.8) is 0 Å². The van der Waals surface area contributed by atoms with Crippen LogP contribution in [-0.2, 0) is 20.3 Å². The lowest BCUT2D eigenvalue weighted by molar-refractivity contribution is -0.141. The van der Waals surface area contributed by atoms with Gasteiger partial charge in [0.1, 0.15) is 6.54 Å². The summed E-state index contributed by atoms with van der Waals surface area (Å²) in [7, 11) is -1.07. The Labute approximate surface area is 108 Å². The molecule has 1 amide bonds. The van der Waals surface area contributed by atoms with E-state index in [1.165, 1.54) is 0 Å². The van der Waals surface area contributed by atoms with E-state index in [1.807, 2.05) is 0 Å². The molecule has 0 spiro atoms. The Bertz CT molecular complexity index is 456. The molecule has 0 saturated heterocycles. The van der Waals surface area contributed by atoms with Crippen molar-refractivity contribution in [3.05, 3.63) is 29.8 Å². The molecule has 0 radical (unpaired) electrons. The van der Waals surface area contributed by atoms with Crippen LogP contribution in [0.3, 0.4) is 0 Å². The van der Waals surface area contributed by atoms with E-state index in [0.717, 1.165) is 0 Å². The standard InChI is InChI=1S/C12H15NO4S/c1-3-17-11(14)8-13-12(15)9-4-6-10(7-5-9)18(2)16/h4-7H,3,8H2,1-2H3,(H,13,15). The molecule has 1 aromatic rings. The molecule has 1 rings (SSSR count). The highest BCUT2D eigenvalue weighted by Gasteiger charge is 2.08. The quantitative estimate of drug-likeness (QED) is 0.799. The molecule has 0 aliphatic carbocycles. The topological polar surface area (TPSA) is 72.5 Å². The molecule has 0 bridgehead atoms. The van der Waals surface area contributed by atoms with Gasteiger partial charge in [-0.25, -0.2) is 0 Å². The van der Waals surface area contributed by atoms with Crippen molar-refractivity contribution in [2.24, 2.45) is 0 Å². The van der Waals surface area contributed by atoms with E-state index in [0.29, 0.717) is 10.5 Å². The molecular weight excluding hydrogens is 254 g/mol. The predicted molar refractivity (Wildman–Crippen MR) is 67.7 cm³/mol. The van der Waals surface area contributed by atoms with Crippen molar-refractivity contribution in [2.75, 3.05) is 19.4 Å². The van der Waals surface area contributed by atoms with Crippen molar-refractivity contribution in [3.8, 4) is 0 Å². The van der Waals surface area contributed by atoms with Gasteiger partial charge in [-0.1, -0.05) is 0 Å². The van der Waals surface area contributed by atoms with Crippen LogP contribution in [0.15, 0.2) is 29.2 Å². The number of hydrogen-bond acceptors (Lipinski definition) is 4. The minimum Gasteiger partial charge on any atom is -0.465 e. The van der Waals surface area contributed by atoms with Gasteiger partial charge in [-0.05, 0) is 31.2 Å². The Balaban J connectivity index is 2.56. The molecule has 0 heterocycles. The smallest absolute Gasteiger partial charge is 0.325 e. The number of esters is 1. The Morgan fingerprint density at radius 2 is 1.89 bits per heavy atom. The molecule has 0 aromatic heterocycles. The van der Waals surface area contributed by atoms with Gasteiger partial charge in [-0.15, -0.1) is 0 Å². The van der Waals surface area contributed by atoms with E-state index in [2.05, 4.69) is 10.1 Å². The summed E-state index contributed by atoms with van der Waals surface area (Å²) in [5.41, 5.74) is 0.411. The molecule has 0 aliphatic rings. The third kappa shape index (κ3) is 4.29. The number of amides is 1. The van der Waals surface area contributed by atoms with Gasteiger partial charge in [0.05, 0.1) is 6.61 Å². The molecule has 98 valence electrons. The summed E-state index contributed by atoms with van der Waals surface area (Å²) in [6, 6.07) is 6.37. The lowest BCUT2D eigenvalue weighted by atomic mass is 10.2. The van der Waals surface area contributed by atoms with Crippen LogP contribution in [0, 0.1) is 0 Å². The lowest BCUT2D eigenvalue weighted by Crippen LogP contribution is -2.30. The summed E-state index contributed by atoms with van der Waals surface area (Å²) in [6.07, 6.45) is 1.57. The molecular formula is C12H15NO4S. The molecule has 1 N–H and O–H groups in total. The Morgan fingerprint density at radius 1 is 1.28 bits per heavy atom. The fourth-order valence-electron chi connectivity index (χ4n) is 1.26. The highest BCUT2D eigenvalue weighted by atomic mass is 32.2. The minimum absolute atomic E-state index is 0.159. The molecule has 18 heavy (non-hydrogen) atoms. The number of hydrogen-bond donors (Lipinski definition) is 1. The summed E-state index contributed by atoms with van der Waals surface area (Å²) >= 11 is 0. The zero-order chi connectivity index (χ0) is 13.5. The second kappa shape index (κ2) is 6.90.